The molecular weight excluding hydrogens is 283 g/mol. The number of hydrogen-bond acceptors (Lipinski definition) is 2. The molecule has 1 atom stereocenters. The molecule has 1 aliphatic rings. The lowest BCUT2D eigenvalue weighted by Crippen LogP contribution is -2.35. The third kappa shape index (κ3) is 2.90. The smallest absolute Gasteiger partial charge is 0.255 e. The summed E-state index contributed by atoms with van der Waals surface area (Å²) in [7, 11) is 0. The first-order valence-electron chi connectivity index (χ1n) is 7.40. The largest absolute Gasteiger partial charge is 0.393 e. The van der Waals surface area contributed by atoms with Crippen LogP contribution in [0.5, 0.6) is 0 Å². The number of aliphatic hydroxyl groups is 1. The molecule has 1 unspecified atom stereocenters. The molecule has 2 heterocycles. The first-order valence-corrected chi connectivity index (χ1v) is 7.40. The molecule has 5 heteroatoms. The van der Waals surface area contributed by atoms with Gasteiger partial charge in [0, 0.05) is 25.4 Å². The maximum atomic E-state index is 14.1. The lowest BCUT2D eigenvalue weighted by molar-refractivity contribution is 0.0630. The van der Waals surface area contributed by atoms with E-state index in [4.69, 9.17) is 5.11 Å². The number of alkyl halides is 1. The summed E-state index contributed by atoms with van der Waals surface area (Å²) in [6, 6.07) is 9.89. The van der Waals surface area contributed by atoms with Crippen molar-refractivity contribution in [3.05, 3.63) is 59.4 Å². The molecule has 4 nitrogen and oxygen atoms in total. The van der Waals surface area contributed by atoms with Gasteiger partial charge < -0.3 is 15.0 Å². The number of hydrogen-bond donors (Lipinski definition) is 2. The normalized spacial score (nSPS) is 21.3. The van der Waals surface area contributed by atoms with Gasteiger partial charge in [0.25, 0.3) is 5.91 Å². The van der Waals surface area contributed by atoms with E-state index < -0.39 is 12.3 Å². The van der Waals surface area contributed by atoms with Crippen LogP contribution in [0.3, 0.4) is 0 Å². The molecule has 1 saturated heterocycles. The lowest BCUT2D eigenvalue weighted by Gasteiger charge is -2.19. The van der Waals surface area contributed by atoms with Crippen LogP contribution < -0.4 is 0 Å². The van der Waals surface area contributed by atoms with Crippen LogP contribution in [0.4, 0.5) is 4.39 Å². The number of rotatable bonds is 4. The third-order valence-electron chi connectivity index (χ3n) is 4.17. The van der Waals surface area contributed by atoms with Crippen LogP contribution in [0.1, 0.15) is 27.9 Å². The SMILES string of the molecule is O=C(c1c[nH]cc1Cc1ccccc1)N1CCC(F)(CO)C1. The summed E-state index contributed by atoms with van der Waals surface area (Å²) < 4.78 is 14.1. The fourth-order valence-corrected chi connectivity index (χ4v) is 2.87. The molecule has 0 bridgehead atoms. The van der Waals surface area contributed by atoms with Crippen LogP contribution in [0.25, 0.3) is 0 Å². The molecule has 1 aromatic carbocycles. The molecule has 2 N–H and O–H groups in total. The maximum Gasteiger partial charge on any atom is 0.255 e. The van der Waals surface area contributed by atoms with Gasteiger partial charge in [0.05, 0.1) is 18.7 Å². The quantitative estimate of drug-likeness (QED) is 0.909. The van der Waals surface area contributed by atoms with Crippen LogP contribution in [0.2, 0.25) is 0 Å². The Morgan fingerprint density at radius 3 is 2.77 bits per heavy atom. The Balaban J connectivity index is 1.76. The highest BCUT2D eigenvalue weighted by atomic mass is 19.1. The molecule has 0 radical (unpaired) electrons. The monoisotopic (exact) mass is 302 g/mol. The Morgan fingerprint density at radius 2 is 2.09 bits per heavy atom. The Kier molecular flexibility index (Phi) is 3.98. The standard InChI is InChI=1S/C17H19FN2O2/c18-17(12-21)6-7-20(11-17)16(22)15-10-19-9-14(15)8-13-4-2-1-3-5-13/h1-5,9-10,19,21H,6-8,11-12H2. The third-order valence-corrected chi connectivity index (χ3v) is 4.17. The van der Waals surface area contributed by atoms with Gasteiger partial charge in [0.2, 0.25) is 0 Å². The molecule has 1 aromatic heterocycles. The Bertz CT molecular complexity index is 656. The van der Waals surface area contributed by atoms with Gasteiger partial charge in [-0.3, -0.25) is 4.79 Å². The van der Waals surface area contributed by atoms with Crippen molar-refractivity contribution < 1.29 is 14.3 Å². The lowest BCUT2D eigenvalue weighted by atomic mass is 10.0. The van der Waals surface area contributed by atoms with Crippen LogP contribution >= 0.6 is 0 Å². The number of halogens is 1. The minimum Gasteiger partial charge on any atom is -0.393 e. The summed E-state index contributed by atoms with van der Waals surface area (Å²) in [5, 5.41) is 9.09. The van der Waals surface area contributed by atoms with Crippen molar-refractivity contribution in [1.29, 1.82) is 0 Å². The summed E-state index contributed by atoms with van der Waals surface area (Å²) in [5.41, 5.74) is 0.932. The summed E-state index contributed by atoms with van der Waals surface area (Å²) in [4.78, 5) is 17.0. The number of benzene rings is 1. The zero-order valence-electron chi connectivity index (χ0n) is 12.3. The van der Waals surface area contributed by atoms with Crippen molar-refractivity contribution in [2.75, 3.05) is 19.7 Å². The van der Waals surface area contributed by atoms with E-state index in [0.29, 0.717) is 18.5 Å². The van der Waals surface area contributed by atoms with E-state index in [1.54, 1.807) is 6.20 Å². The van der Waals surface area contributed by atoms with Gasteiger partial charge in [0.15, 0.2) is 5.67 Å². The Hall–Kier alpha value is -2.14. The number of H-pyrrole nitrogens is 1. The van der Waals surface area contributed by atoms with Crippen molar-refractivity contribution in [2.24, 2.45) is 0 Å². The molecule has 2 aromatic rings. The molecule has 1 aliphatic heterocycles. The van der Waals surface area contributed by atoms with E-state index >= 15 is 0 Å². The predicted octanol–water partition coefficient (Wildman–Crippen LogP) is 2.15. The second-order valence-corrected chi connectivity index (χ2v) is 5.84. The summed E-state index contributed by atoms with van der Waals surface area (Å²) >= 11 is 0. The molecule has 0 spiro atoms. The van der Waals surface area contributed by atoms with E-state index in [1.807, 2.05) is 36.5 Å². The van der Waals surface area contributed by atoms with E-state index in [9.17, 15) is 9.18 Å². The van der Waals surface area contributed by atoms with Gasteiger partial charge >= 0.3 is 0 Å². The molecular formula is C17H19FN2O2. The van der Waals surface area contributed by atoms with Gasteiger partial charge in [-0.2, -0.15) is 0 Å². The summed E-state index contributed by atoms with van der Waals surface area (Å²) in [6.45, 7) is -0.245. The van der Waals surface area contributed by atoms with E-state index in [-0.39, 0.29) is 18.9 Å². The van der Waals surface area contributed by atoms with Crippen molar-refractivity contribution in [2.45, 2.75) is 18.5 Å². The molecule has 116 valence electrons. The first kappa shape index (κ1) is 14.8. The molecule has 22 heavy (non-hydrogen) atoms. The van der Waals surface area contributed by atoms with Gasteiger partial charge in [-0.15, -0.1) is 0 Å². The highest BCUT2D eigenvalue weighted by Gasteiger charge is 2.40. The Morgan fingerprint density at radius 1 is 1.32 bits per heavy atom. The van der Waals surface area contributed by atoms with Gasteiger partial charge in [-0.05, 0) is 17.5 Å². The molecule has 0 saturated carbocycles. The fraction of sp³-hybridized carbons (Fsp3) is 0.353. The molecule has 0 aliphatic carbocycles. The highest BCUT2D eigenvalue weighted by molar-refractivity contribution is 5.96. The maximum absolute atomic E-state index is 14.1. The topological polar surface area (TPSA) is 56.3 Å². The summed E-state index contributed by atoms with van der Waals surface area (Å²) in [6.07, 6.45) is 4.32. The van der Waals surface area contributed by atoms with Gasteiger partial charge in [0.1, 0.15) is 0 Å². The van der Waals surface area contributed by atoms with Crippen molar-refractivity contribution in [3.8, 4) is 0 Å². The molecule has 1 amide bonds. The minimum absolute atomic E-state index is 0.0434. The van der Waals surface area contributed by atoms with E-state index in [1.165, 1.54) is 4.90 Å². The zero-order chi connectivity index (χ0) is 15.6. The van der Waals surface area contributed by atoms with Crippen LogP contribution in [0.15, 0.2) is 42.7 Å². The zero-order valence-corrected chi connectivity index (χ0v) is 12.3. The van der Waals surface area contributed by atoms with Gasteiger partial charge in [-0.25, -0.2) is 4.39 Å². The number of carbonyl (C=O) groups excluding carboxylic acids is 1. The first-order chi connectivity index (χ1) is 10.6. The minimum atomic E-state index is -1.66. The van der Waals surface area contributed by atoms with Crippen LogP contribution in [-0.2, 0) is 6.42 Å². The van der Waals surface area contributed by atoms with Gasteiger partial charge in [-0.1, -0.05) is 30.3 Å². The fourth-order valence-electron chi connectivity index (χ4n) is 2.87. The number of aliphatic hydroxyl groups excluding tert-OH is 1. The number of aromatic nitrogens is 1. The number of likely N-dealkylation sites (tertiary alicyclic amines) is 1. The average molecular weight is 302 g/mol. The second-order valence-electron chi connectivity index (χ2n) is 5.84. The number of nitrogens with zero attached hydrogens (tertiary/aromatic N) is 1. The molecule has 1 fully saturated rings. The number of amides is 1. The predicted molar refractivity (Wildman–Crippen MR) is 81.5 cm³/mol. The van der Waals surface area contributed by atoms with Crippen molar-refractivity contribution in [3.63, 3.8) is 0 Å². The van der Waals surface area contributed by atoms with E-state index in [0.717, 1.165) is 11.1 Å². The van der Waals surface area contributed by atoms with Crippen LogP contribution in [0, 0.1) is 0 Å². The van der Waals surface area contributed by atoms with Crippen molar-refractivity contribution >= 4 is 5.91 Å². The number of nitrogens with one attached hydrogen (secondary N) is 1. The summed E-state index contributed by atoms with van der Waals surface area (Å²) in [5.74, 6) is -0.180. The van der Waals surface area contributed by atoms with E-state index in [2.05, 4.69) is 4.98 Å². The molecule has 3 rings (SSSR count). The van der Waals surface area contributed by atoms with Crippen molar-refractivity contribution in [1.82, 2.24) is 9.88 Å². The average Bonchev–Trinajstić information content (AvgIpc) is 3.15. The number of aromatic amines is 1. The second kappa shape index (κ2) is 5.93. The number of carbonyl (C=O) groups is 1. The van der Waals surface area contributed by atoms with Crippen LogP contribution in [-0.4, -0.2) is 46.3 Å². The Labute approximate surface area is 128 Å². The highest BCUT2D eigenvalue weighted by Crippen LogP contribution is 2.27.